The molecule has 1 heterocycles. The Morgan fingerprint density at radius 3 is 2.65 bits per heavy atom. The van der Waals surface area contributed by atoms with E-state index >= 15 is 0 Å². The maximum atomic E-state index is 12.0. The minimum absolute atomic E-state index is 0.0993. The lowest BCUT2D eigenvalue weighted by molar-refractivity contribution is -0.114. The van der Waals surface area contributed by atoms with Gasteiger partial charge in [-0.1, -0.05) is 0 Å². The summed E-state index contributed by atoms with van der Waals surface area (Å²) in [6.45, 7) is 2.09. The summed E-state index contributed by atoms with van der Waals surface area (Å²) in [6.07, 6.45) is 3.41. The number of amides is 2. The minimum atomic E-state index is -0.167. The zero-order valence-electron chi connectivity index (χ0n) is 11.5. The highest BCUT2D eigenvalue weighted by molar-refractivity contribution is 7.18. The van der Waals surface area contributed by atoms with E-state index < -0.39 is 0 Å². The summed E-state index contributed by atoms with van der Waals surface area (Å²) < 4.78 is 0. The van der Waals surface area contributed by atoms with Gasteiger partial charge in [-0.3, -0.25) is 9.59 Å². The summed E-state index contributed by atoms with van der Waals surface area (Å²) in [5.74, 6) is 0.217. The predicted molar refractivity (Wildman–Crippen MR) is 78.9 cm³/mol. The van der Waals surface area contributed by atoms with Crippen molar-refractivity contribution in [3.05, 3.63) is 17.0 Å². The summed E-state index contributed by atoms with van der Waals surface area (Å²) in [4.78, 5) is 23.5. The summed E-state index contributed by atoms with van der Waals surface area (Å²) in [5, 5.41) is 15.7. The van der Waals surface area contributed by atoms with E-state index in [1.165, 1.54) is 18.3 Å². The van der Waals surface area contributed by atoms with Crippen LogP contribution < -0.4 is 10.6 Å². The minimum Gasteiger partial charge on any atom is -0.393 e. The van der Waals surface area contributed by atoms with Crippen molar-refractivity contribution in [1.82, 2.24) is 5.32 Å². The second-order valence-electron chi connectivity index (χ2n) is 5.23. The van der Waals surface area contributed by atoms with Crippen molar-refractivity contribution in [2.75, 3.05) is 11.9 Å². The zero-order valence-corrected chi connectivity index (χ0v) is 12.3. The van der Waals surface area contributed by atoms with Crippen molar-refractivity contribution in [3.63, 3.8) is 0 Å². The first kappa shape index (κ1) is 15.0. The van der Waals surface area contributed by atoms with E-state index in [4.69, 9.17) is 0 Å². The molecule has 0 aliphatic heterocycles. The number of aliphatic hydroxyl groups excluding tert-OH is 1. The van der Waals surface area contributed by atoms with Crippen LogP contribution in [0.2, 0.25) is 0 Å². The number of rotatable bonds is 4. The van der Waals surface area contributed by atoms with Gasteiger partial charge in [0.2, 0.25) is 5.91 Å². The van der Waals surface area contributed by atoms with Crippen LogP contribution in [-0.2, 0) is 4.79 Å². The summed E-state index contributed by atoms with van der Waals surface area (Å²) >= 11 is 1.27. The van der Waals surface area contributed by atoms with Gasteiger partial charge in [-0.25, -0.2) is 0 Å². The normalized spacial score (nSPS) is 22.3. The van der Waals surface area contributed by atoms with Crippen molar-refractivity contribution in [1.29, 1.82) is 0 Å². The van der Waals surface area contributed by atoms with Gasteiger partial charge in [0.1, 0.15) is 0 Å². The molecule has 1 aromatic heterocycles. The van der Waals surface area contributed by atoms with E-state index in [9.17, 15) is 14.7 Å². The zero-order chi connectivity index (χ0) is 14.5. The Bertz CT molecular complexity index is 479. The van der Waals surface area contributed by atoms with Crippen molar-refractivity contribution >= 4 is 28.2 Å². The third-order valence-electron chi connectivity index (χ3n) is 3.50. The quantitative estimate of drug-likeness (QED) is 0.795. The summed E-state index contributed by atoms with van der Waals surface area (Å²) in [5.41, 5.74) is 0. The molecule has 0 radical (unpaired) electrons. The van der Waals surface area contributed by atoms with Crippen LogP contribution >= 0.6 is 11.3 Å². The Morgan fingerprint density at radius 1 is 1.30 bits per heavy atom. The van der Waals surface area contributed by atoms with Crippen LogP contribution in [0.1, 0.15) is 42.3 Å². The van der Waals surface area contributed by atoms with Gasteiger partial charge in [-0.15, -0.1) is 11.3 Å². The average molecular weight is 296 g/mol. The molecule has 1 aliphatic carbocycles. The van der Waals surface area contributed by atoms with Crippen LogP contribution in [0.3, 0.4) is 0 Å². The van der Waals surface area contributed by atoms with Crippen molar-refractivity contribution in [2.45, 2.75) is 38.7 Å². The standard InChI is InChI=1S/C14H20N2O3S/c1-9(17)16-13-7-6-12(20-13)14(19)15-8-10-2-4-11(18)5-3-10/h6-7,10-11,18H,2-5,8H2,1H3,(H,15,19)(H,16,17). The number of nitrogens with one attached hydrogen (secondary N) is 2. The number of thiophene rings is 1. The lowest BCUT2D eigenvalue weighted by Gasteiger charge is -2.25. The van der Waals surface area contributed by atoms with Crippen molar-refractivity contribution < 1.29 is 14.7 Å². The van der Waals surface area contributed by atoms with E-state index in [0.29, 0.717) is 22.3 Å². The molecule has 0 atom stereocenters. The Hall–Kier alpha value is -1.40. The highest BCUT2D eigenvalue weighted by atomic mass is 32.1. The molecule has 1 aromatic rings. The maximum Gasteiger partial charge on any atom is 0.261 e. The molecular formula is C14H20N2O3S. The van der Waals surface area contributed by atoms with Gasteiger partial charge >= 0.3 is 0 Å². The molecule has 1 aliphatic rings. The third-order valence-corrected chi connectivity index (χ3v) is 4.50. The molecule has 0 bridgehead atoms. The lowest BCUT2D eigenvalue weighted by Crippen LogP contribution is -2.31. The Kier molecular flexibility index (Phi) is 5.14. The monoisotopic (exact) mass is 296 g/mol. The lowest BCUT2D eigenvalue weighted by atomic mass is 9.87. The molecule has 5 nitrogen and oxygen atoms in total. The fourth-order valence-corrected chi connectivity index (χ4v) is 3.24. The fourth-order valence-electron chi connectivity index (χ4n) is 2.37. The second-order valence-corrected chi connectivity index (χ2v) is 6.31. The van der Waals surface area contributed by atoms with Crippen LogP contribution in [0.15, 0.2) is 12.1 Å². The van der Waals surface area contributed by atoms with E-state index in [2.05, 4.69) is 10.6 Å². The number of carbonyl (C=O) groups is 2. The third kappa shape index (κ3) is 4.31. The van der Waals surface area contributed by atoms with Crippen molar-refractivity contribution in [3.8, 4) is 0 Å². The van der Waals surface area contributed by atoms with Gasteiger partial charge < -0.3 is 15.7 Å². The molecule has 1 fully saturated rings. The molecule has 0 aromatic carbocycles. The van der Waals surface area contributed by atoms with Gasteiger partial charge in [0, 0.05) is 13.5 Å². The molecule has 0 saturated heterocycles. The first-order valence-electron chi connectivity index (χ1n) is 6.88. The van der Waals surface area contributed by atoms with E-state index in [1.54, 1.807) is 12.1 Å². The number of anilines is 1. The Balaban J connectivity index is 1.79. The van der Waals surface area contributed by atoms with Crippen LogP contribution in [0.25, 0.3) is 0 Å². The van der Waals surface area contributed by atoms with Gasteiger partial charge in [0.25, 0.3) is 5.91 Å². The van der Waals surface area contributed by atoms with E-state index in [0.717, 1.165) is 25.7 Å². The Morgan fingerprint density at radius 2 is 2.00 bits per heavy atom. The number of aliphatic hydroxyl groups is 1. The van der Waals surface area contributed by atoms with E-state index in [-0.39, 0.29) is 17.9 Å². The second kappa shape index (κ2) is 6.85. The predicted octanol–water partition coefficient (Wildman–Crippen LogP) is 1.99. The molecule has 0 spiro atoms. The molecule has 2 amide bonds. The molecule has 20 heavy (non-hydrogen) atoms. The SMILES string of the molecule is CC(=O)Nc1ccc(C(=O)NCC2CCC(O)CC2)s1. The molecule has 2 rings (SSSR count). The first-order chi connectivity index (χ1) is 9.54. The molecular weight excluding hydrogens is 276 g/mol. The van der Waals surface area contributed by atoms with Crippen LogP contribution in [0, 0.1) is 5.92 Å². The maximum absolute atomic E-state index is 12.0. The summed E-state index contributed by atoms with van der Waals surface area (Å²) in [6, 6.07) is 3.45. The number of hydrogen-bond acceptors (Lipinski definition) is 4. The van der Waals surface area contributed by atoms with Gasteiger partial charge in [-0.2, -0.15) is 0 Å². The van der Waals surface area contributed by atoms with Crippen LogP contribution in [0.5, 0.6) is 0 Å². The number of carbonyl (C=O) groups excluding carboxylic acids is 2. The Labute approximate surface area is 122 Å². The largest absolute Gasteiger partial charge is 0.393 e. The smallest absolute Gasteiger partial charge is 0.261 e. The van der Waals surface area contributed by atoms with Gasteiger partial charge in [0.05, 0.1) is 16.0 Å². The fraction of sp³-hybridized carbons (Fsp3) is 0.571. The topological polar surface area (TPSA) is 78.4 Å². The summed E-state index contributed by atoms with van der Waals surface area (Å²) in [7, 11) is 0. The highest BCUT2D eigenvalue weighted by Gasteiger charge is 2.20. The highest BCUT2D eigenvalue weighted by Crippen LogP contribution is 2.24. The molecule has 6 heteroatoms. The average Bonchev–Trinajstić information content (AvgIpc) is 2.85. The van der Waals surface area contributed by atoms with Crippen molar-refractivity contribution in [2.24, 2.45) is 5.92 Å². The van der Waals surface area contributed by atoms with Gasteiger partial charge in [-0.05, 0) is 43.7 Å². The van der Waals surface area contributed by atoms with Gasteiger partial charge in [0.15, 0.2) is 0 Å². The van der Waals surface area contributed by atoms with E-state index in [1.807, 2.05) is 0 Å². The molecule has 0 unspecified atom stereocenters. The molecule has 3 N–H and O–H groups in total. The first-order valence-corrected chi connectivity index (χ1v) is 7.70. The van der Waals surface area contributed by atoms with Crippen LogP contribution in [-0.4, -0.2) is 29.6 Å². The molecule has 1 saturated carbocycles. The number of hydrogen-bond donors (Lipinski definition) is 3. The van der Waals surface area contributed by atoms with Crippen LogP contribution in [0.4, 0.5) is 5.00 Å². The molecule has 110 valence electrons.